The Kier molecular flexibility index (Phi) is 1.73. The van der Waals surface area contributed by atoms with Crippen molar-refractivity contribution in [1.29, 1.82) is 0 Å². The van der Waals surface area contributed by atoms with Gasteiger partial charge in [0.05, 0.1) is 6.61 Å². The first-order valence-corrected chi connectivity index (χ1v) is 2.36. The molecule has 0 aromatic carbocycles. The van der Waals surface area contributed by atoms with Crippen molar-refractivity contribution in [3.05, 3.63) is 0 Å². The van der Waals surface area contributed by atoms with Crippen molar-refractivity contribution in [2.75, 3.05) is 6.61 Å². The van der Waals surface area contributed by atoms with E-state index in [1.165, 1.54) is 0 Å². The molecule has 3 heteroatoms. The van der Waals surface area contributed by atoms with Crippen LogP contribution in [0.2, 0.25) is 0 Å². The molecule has 1 atom stereocenters. The first-order chi connectivity index (χ1) is 3.93. The van der Waals surface area contributed by atoms with Crippen LogP contribution < -0.4 is 0 Å². The minimum atomic E-state index is -0.222. The van der Waals surface area contributed by atoms with Gasteiger partial charge in [-0.1, -0.05) is 0 Å². The molecular formula is C5H6O3. The summed E-state index contributed by atoms with van der Waals surface area (Å²) in [6, 6.07) is 0. The van der Waals surface area contributed by atoms with Gasteiger partial charge in [0, 0.05) is 6.42 Å². The molecule has 0 aliphatic carbocycles. The zero-order valence-electron chi connectivity index (χ0n) is 4.26. The molecule has 0 aromatic heterocycles. The third-order valence-corrected chi connectivity index (χ3v) is 0.873. The Labute approximate surface area is 47.1 Å². The third kappa shape index (κ3) is 1.12. The van der Waals surface area contributed by atoms with Crippen LogP contribution in [0, 0.1) is 12.0 Å². The molecular weight excluding hydrogens is 108 g/mol. The number of hydrogen-bond donors (Lipinski definition) is 1. The molecule has 0 radical (unpaired) electrons. The molecule has 0 bridgehead atoms. The minimum absolute atomic E-state index is 0.222. The second kappa shape index (κ2) is 2.55. The van der Waals surface area contributed by atoms with Crippen molar-refractivity contribution >= 4 is 0 Å². The highest BCUT2D eigenvalue weighted by Crippen LogP contribution is 2.06. The first-order valence-electron chi connectivity index (χ1n) is 2.36. The van der Waals surface area contributed by atoms with Gasteiger partial charge in [0.15, 0.2) is 6.10 Å². The molecule has 1 heterocycles. The molecule has 1 saturated heterocycles. The second-order valence-electron chi connectivity index (χ2n) is 1.45. The summed E-state index contributed by atoms with van der Waals surface area (Å²) in [5, 5.41) is 8.03. The van der Waals surface area contributed by atoms with Gasteiger partial charge < -0.3 is 5.11 Å². The average Bonchev–Trinajstić information content (AvgIpc) is 2.19. The normalized spacial score (nSPS) is 26.8. The van der Waals surface area contributed by atoms with Crippen molar-refractivity contribution in [1.82, 2.24) is 0 Å². The van der Waals surface area contributed by atoms with Gasteiger partial charge in [-0.3, -0.25) is 0 Å². The fourth-order valence-electron chi connectivity index (χ4n) is 0.502. The Morgan fingerprint density at radius 2 is 2.50 bits per heavy atom. The van der Waals surface area contributed by atoms with E-state index in [4.69, 9.17) is 5.11 Å². The molecule has 3 nitrogen and oxygen atoms in total. The predicted octanol–water partition coefficient (Wildman–Crippen LogP) is 0.0403. The summed E-state index contributed by atoms with van der Waals surface area (Å²) >= 11 is 0. The highest BCUT2D eigenvalue weighted by molar-refractivity contribution is 4.98. The summed E-state index contributed by atoms with van der Waals surface area (Å²) in [4.78, 5) is 9.06. The SMILES string of the molecule is OC#CC1CCOO1. The van der Waals surface area contributed by atoms with Gasteiger partial charge in [0.1, 0.15) is 6.11 Å². The van der Waals surface area contributed by atoms with E-state index in [0.29, 0.717) is 6.61 Å². The lowest BCUT2D eigenvalue weighted by Gasteiger charge is -1.90. The van der Waals surface area contributed by atoms with Gasteiger partial charge in [-0.15, -0.1) is 0 Å². The van der Waals surface area contributed by atoms with Gasteiger partial charge >= 0.3 is 0 Å². The lowest BCUT2D eigenvalue weighted by molar-refractivity contribution is -0.263. The Morgan fingerprint density at radius 1 is 1.62 bits per heavy atom. The Balaban J connectivity index is 2.32. The summed E-state index contributed by atoms with van der Waals surface area (Å²) in [7, 11) is 0. The minimum Gasteiger partial charge on any atom is -0.462 e. The molecule has 44 valence electrons. The maximum absolute atomic E-state index is 8.03. The summed E-state index contributed by atoms with van der Waals surface area (Å²) in [6.45, 7) is 0.569. The van der Waals surface area contributed by atoms with Crippen LogP contribution in [0.15, 0.2) is 0 Å². The van der Waals surface area contributed by atoms with E-state index >= 15 is 0 Å². The maximum atomic E-state index is 8.03. The standard InChI is InChI=1S/C5H6O3/c6-3-1-5-2-4-7-8-5/h5-6H,2,4H2. The van der Waals surface area contributed by atoms with Crippen LogP contribution in [0.5, 0.6) is 0 Å². The molecule has 1 aliphatic rings. The van der Waals surface area contributed by atoms with Crippen LogP contribution in [-0.4, -0.2) is 17.8 Å². The zero-order chi connectivity index (χ0) is 5.82. The van der Waals surface area contributed by atoms with Crippen LogP contribution in [0.1, 0.15) is 6.42 Å². The van der Waals surface area contributed by atoms with E-state index in [2.05, 4.69) is 15.7 Å². The summed E-state index contributed by atoms with van der Waals surface area (Å²) < 4.78 is 0. The second-order valence-corrected chi connectivity index (χ2v) is 1.45. The van der Waals surface area contributed by atoms with Gasteiger partial charge in [-0.2, -0.15) is 0 Å². The number of aliphatic hydroxyl groups excluding tert-OH is 1. The quantitative estimate of drug-likeness (QED) is 0.357. The molecule has 0 aromatic rings. The zero-order valence-corrected chi connectivity index (χ0v) is 4.26. The van der Waals surface area contributed by atoms with Crippen LogP contribution in [0.4, 0.5) is 0 Å². The van der Waals surface area contributed by atoms with E-state index in [0.717, 1.165) is 6.42 Å². The molecule has 8 heavy (non-hydrogen) atoms. The van der Waals surface area contributed by atoms with Gasteiger partial charge in [-0.25, -0.2) is 9.78 Å². The fraction of sp³-hybridized carbons (Fsp3) is 0.600. The number of hydrogen-bond acceptors (Lipinski definition) is 3. The molecule has 0 saturated carbocycles. The molecule has 0 amide bonds. The van der Waals surface area contributed by atoms with E-state index < -0.39 is 0 Å². The molecule has 1 aliphatic heterocycles. The van der Waals surface area contributed by atoms with Crippen LogP contribution in [-0.2, 0) is 9.78 Å². The fourth-order valence-corrected chi connectivity index (χ4v) is 0.502. The van der Waals surface area contributed by atoms with E-state index in [1.807, 2.05) is 0 Å². The molecule has 1 unspecified atom stereocenters. The monoisotopic (exact) mass is 114 g/mol. The van der Waals surface area contributed by atoms with Crippen molar-refractivity contribution in [3.8, 4) is 12.0 Å². The van der Waals surface area contributed by atoms with Gasteiger partial charge in [0.25, 0.3) is 0 Å². The Bertz CT molecular complexity index is 115. The summed E-state index contributed by atoms with van der Waals surface area (Å²) in [5.41, 5.74) is 0. The Morgan fingerprint density at radius 3 is 3.00 bits per heavy atom. The molecule has 1 N–H and O–H groups in total. The smallest absolute Gasteiger partial charge is 0.159 e. The highest BCUT2D eigenvalue weighted by Gasteiger charge is 2.13. The van der Waals surface area contributed by atoms with E-state index in [-0.39, 0.29) is 6.10 Å². The molecule has 0 spiro atoms. The van der Waals surface area contributed by atoms with E-state index in [9.17, 15) is 0 Å². The molecule has 1 fully saturated rings. The van der Waals surface area contributed by atoms with Gasteiger partial charge in [-0.05, 0) is 5.92 Å². The number of rotatable bonds is 0. The summed E-state index contributed by atoms with van der Waals surface area (Å²) in [6.07, 6.45) is 2.28. The topological polar surface area (TPSA) is 38.7 Å². The van der Waals surface area contributed by atoms with Crippen molar-refractivity contribution in [2.24, 2.45) is 0 Å². The Hall–Kier alpha value is -0.720. The first kappa shape index (κ1) is 5.42. The number of aliphatic hydroxyl groups is 1. The lowest BCUT2D eigenvalue weighted by atomic mass is 10.3. The summed E-state index contributed by atoms with van der Waals surface area (Å²) in [5.74, 6) is 2.40. The largest absolute Gasteiger partial charge is 0.462 e. The van der Waals surface area contributed by atoms with Crippen molar-refractivity contribution < 1.29 is 14.9 Å². The molecule has 1 rings (SSSR count). The third-order valence-electron chi connectivity index (χ3n) is 0.873. The average molecular weight is 114 g/mol. The van der Waals surface area contributed by atoms with E-state index in [1.54, 1.807) is 6.11 Å². The van der Waals surface area contributed by atoms with Crippen LogP contribution in [0.3, 0.4) is 0 Å². The van der Waals surface area contributed by atoms with Crippen molar-refractivity contribution in [2.45, 2.75) is 12.5 Å². The predicted molar refractivity (Wildman–Crippen MR) is 25.2 cm³/mol. The van der Waals surface area contributed by atoms with Crippen molar-refractivity contribution in [3.63, 3.8) is 0 Å². The highest BCUT2D eigenvalue weighted by atomic mass is 17.2. The van der Waals surface area contributed by atoms with Gasteiger partial charge in [0.2, 0.25) is 0 Å². The van der Waals surface area contributed by atoms with Crippen LogP contribution >= 0.6 is 0 Å². The lowest BCUT2D eigenvalue weighted by Crippen LogP contribution is -1.98. The van der Waals surface area contributed by atoms with Crippen LogP contribution in [0.25, 0.3) is 0 Å². The maximum Gasteiger partial charge on any atom is 0.159 e.